The lowest BCUT2D eigenvalue weighted by Gasteiger charge is -2.34. The zero-order valence-electron chi connectivity index (χ0n) is 6.93. The number of rotatable bonds is 0. The van der Waals surface area contributed by atoms with E-state index in [1.165, 1.54) is 0 Å². The molecule has 0 amide bonds. The summed E-state index contributed by atoms with van der Waals surface area (Å²) < 4.78 is 0. The molecule has 0 saturated heterocycles. The molecule has 1 fully saturated rings. The van der Waals surface area contributed by atoms with E-state index in [-0.39, 0.29) is 18.0 Å². The Balaban J connectivity index is 2.93. The van der Waals surface area contributed by atoms with E-state index in [1.807, 2.05) is 0 Å². The second kappa shape index (κ2) is 3.00. The molecule has 4 heteroatoms. The molecule has 1 aliphatic rings. The summed E-state index contributed by atoms with van der Waals surface area (Å²) in [5.41, 5.74) is -0.457. The topological polar surface area (TPSA) is 34.1 Å². The smallest absolute Gasteiger partial charge is 0.176 e. The van der Waals surface area contributed by atoms with Gasteiger partial charge in [-0.15, -0.1) is 23.2 Å². The maximum absolute atomic E-state index is 11.3. The summed E-state index contributed by atoms with van der Waals surface area (Å²) in [4.78, 5) is 22.4. The van der Waals surface area contributed by atoms with E-state index in [2.05, 4.69) is 0 Å². The quantitative estimate of drug-likeness (QED) is 0.450. The monoisotopic (exact) mass is 208 g/mol. The molecule has 1 aliphatic carbocycles. The highest BCUT2D eigenvalue weighted by Crippen LogP contribution is 2.36. The van der Waals surface area contributed by atoms with Crippen molar-refractivity contribution in [3.8, 4) is 0 Å². The predicted octanol–water partition coefficient (Wildman–Crippen LogP) is 1.77. The second-order valence-corrected chi connectivity index (χ2v) is 4.63. The van der Waals surface area contributed by atoms with Crippen LogP contribution in [0.15, 0.2) is 0 Å². The zero-order chi connectivity index (χ0) is 9.52. The molecule has 0 aromatic rings. The molecule has 0 heterocycles. The third-order valence-corrected chi connectivity index (χ3v) is 3.36. The summed E-state index contributed by atoms with van der Waals surface area (Å²) in [6.45, 7) is 3.59. The fourth-order valence-electron chi connectivity index (χ4n) is 1.30. The molecule has 68 valence electrons. The summed E-state index contributed by atoms with van der Waals surface area (Å²) in [7, 11) is 0. The number of carbonyl (C=O) groups excluding carboxylic acids is 2. The van der Waals surface area contributed by atoms with Gasteiger partial charge in [0.05, 0.1) is 5.38 Å². The van der Waals surface area contributed by atoms with E-state index in [0.717, 1.165) is 0 Å². The molecule has 1 rings (SSSR count). The molecular formula is C8H10Cl2O2. The first-order valence-electron chi connectivity index (χ1n) is 3.71. The van der Waals surface area contributed by atoms with Crippen LogP contribution in [0.5, 0.6) is 0 Å². The largest absolute Gasteiger partial charge is 0.298 e. The van der Waals surface area contributed by atoms with E-state index >= 15 is 0 Å². The average Bonchev–Trinajstić information content (AvgIpc) is 1.97. The molecule has 0 N–H and O–H groups in total. The van der Waals surface area contributed by atoms with Crippen molar-refractivity contribution in [2.75, 3.05) is 0 Å². The maximum Gasteiger partial charge on any atom is 0.176 e. The summed E-state index contributed by atoms with van der Waals surface area (Å²) >= 11 is 11.4. The molecular weight excluding hydrogens is 199 g/mol. The fraction of sp³-hybridized carbons (Fsp3) is 0.750. The Morgan fingerprint density at radius 2 is 1.83 bits per heavy atom. The van der Waals surface area contributed by atoms with Crippen LogP contribution in [0.1, 0.15) is 20.3 Å². The minimum Gasteiger partial charge on any atom is -0.298 e. The molecule has 2 atom stereocenters. The van der Waals surface area contributed by atoms with Gasteiger partial charge in [0.2, 0.25) is 0 Å². The van der Waals surface area contributed by atoms with E-state index in [1.54, 1.807) is 13.8 Å². The first-order valence-corrected chi connectivity index (χ1v) is 4.58. The number of hydrogen-bond acceptors (Lipinski definition) is 2. The lowest BCUT2D eigenvalue weighted by molar-refractivity contribution is -0.132. The molecule has 0 aromatic carbocycles. The van der Waals surface area contributed by atoms with Gasteiger partial charge in [0.15, 0.2) is 16.9 Å². The Kier molecular flexibility index (Phi) is 2.50. The number of alkyl halides is 2. The van der Waals surface area contributed by atoms with Crippen molar-refractivity contribution < 1.29 is 9.59 Å². The van der Waals surface area contributed by atoms with Crippen LogP contribution in [0, 0.1) is 5.41 Å². The second-order valence-electron chi connectivity index (χ2n) is 3.76. The SMILES string of the molecule is CC1(C)CC(=O)C(Cl)C(=O)C1Cl. The number of Topliss-reactive ketones (excluding diaryl/α,β-unsaturated/α-hetero) is 2. The molecule has 0 aromatic heterocycles. The van der Waals surface area contributed by atoms with Gasteiger partial charge in [0, 0.05) is 6.42 Å². The number of hydrogen-bond donors (Lipinski definition) is 0. The Bertz CT molecular complexity index is 235. The zero-order valence-corrected chi connectivity index (χ0v) is 8.45. The predicted molar refractivity (Wildman–Crippen MR) is 47.7 cm³/mol. The Labute approximate surface area is 81.2 Å². The Hall–Kier alpha value is -0.0800. The molecule has 0 aliphatic heterocycles. The highest BCUT2D eigenvalue weighted by Gasteiger charge is 2.45. The molecule has 2 nitrogen and oxygen atoms in total. The van der Waals surface area contributed by atoms with E-state index in [0.29, 0.717) is 0 Å². The minimum atomic E-state index is -1.03. The first-order chi connectivity index (χ1) is 5.36. The van der Waals surface area contributed by atoms with Crippen LogP contribution >= 0.6 is 23.2 Å². The molecule has 0 spiro atoms. The van der Waals surface area contributed by atoms with Crippen LogP contribution in [-0.4, -0.2) is 22.3 Å². The normalized spacial score (nSPS) is 35.3. The van der Waals surface area contributed by atoms with E-state index < -0.39 is 16.2 Å². The summed E-state index contributed by atoms with van der Waals surface area (Å²) in [6.07, 6.45) is 0.279. The van der Waals surface area contributed by atoms with Gasteiger partial charge < -0.3 is 0 Å². The van der Waals surface area contributed by atoms with Crippen molar-refractivity contribution in [2.24, 2.45) is 5.41 Å². The summed E-state index contributed by atoms with van der Waals surface area (Å²) in [6, 6.07) is 0. The van der Waals surface area contributed by atoms with Crippen LogP contribution in [-0.2, 0) is 9.59 Å². The van der Waals surface area contributed by atoms with Gasteiger partial charge >= 0.3 is 0 Å². The van der Waals surface area contributed by atoms with Gasteiger partial charge in [-0.2, -0.15) is 0 Å². The van der Waals surface area contributed by atoms with Crippen LogP contribution in [0.3, 0.4) is 0 Å². The fourth-order valence-corrected chi connectivity index (χ4v) is 1.77. The molecule has 0 bridgehead atoms. The maximum atomic E-state index is 11.3. The average molecular weight is 209 g/mol. The summed E-state index contributed by atoms with van der Waals surface area (Å²) in [5.74, 6) is -0.580. The summed E-state index contributed by atoms with van der Waals surface area (Å²) in [5, 5.41) is -1.67. The molecule has 1 saturated carbocycles. The van der Waals surface area contributed by atoms with Crippen LogP contribution < -0.4 is 0 Å². The highest BCUT2D eigenvalue weighted by atomic mass is 35.5. The van der Waals surface area contributed by atoms with Crippen molar-refractivity contribution in [3.05, 3.63) is 0 Å². The first kappa shape index (κ1) is 10.0. The Morgan fingerprint density at radius 1 is 1.33 bits per heavy atom. The number of halogens is 2. The van der Waals surface area contributed by atoms with Crippen LogP contribution in [0.25, 0.3) is 0 Å². The highest BCUT2D eigenvalue weighted by molar-refractivity contribution is 6.48. The number of ketones is 2. The van der Waals surface area contributed by atoms with Crippen molar-refractivity contribution in [3.63, 3.8) is 0 Å². The Morgan fingerprint density at radius 3 is 2.33 bits per heavy atom. The van der Waals surface area contributed by atoms with Gasteiger partial charge in [-0.05, 0) is 5.41 Å². The van der Waals surface area contributed by atoms with Crippen molar-refractivity contribution in [1.29, 1.82) is 0 Å². The third-order valence-electron chi connectivity index (χ3n) is 2.10. The van der Waals surface area contributed by atoms with Gasteiger partial charge in [-0.1, -0.05) is 13.8 Å². The minimum absolute atomic E-state index is 0.219. The molecule has 2 unspecified atom stereocenters. The van der Waals surface area contributed by atoms with E-state index in [4.69, 9.17) is 23.2 Å². The number of carbonyl (C=O) groups is 2. The molecule has 0 radical (unpaired) electrons. The van der Waals surface area contributed by atoms with Crippen molar-refractivity contribution in [2.45, 2.75) is 31.0 Å². The van der Waals surface area contributed by atoms with Crippen LogP contribution in [0.4, 0.5) is 0 Å². The van der Waals surface area contributed by atoms with Crippen molar-refractivity contribution >= 4 is 34.8 Å². The standard InChI is InChI=1S/C8H10Cl2O2/c1-8(2)3-4(11)5(9)6(12)7(8)10/h5,7H,3H2,1-2H3. The van der Waals surface area contributed by atoms with E-state index in [9.17, 15) is 9.59 Å². The van der Waals surface area contributed by atoms with Gasteiger partial charge in [-0.3, -0.25) is 9.59 Å². The van der Waals surface area contributed by atoms with Gasteiger partial charge in [0.25, 0.3) is 0 Å². The lowest BCUT2D eigenvalue weighted by Crippen LogP contribution is -2.47. The lowest BCUT2D eigenvalue weighted by atomic mass is 9.75. The van der Waals surface area contributed by atoms with Gasteiger partial charge in [0.1, 0.15) is 0 Å². The van der Waals surface area contributed by atoms with Crippen LogP contribution in [0.2, 0.25) is 0 Å². The van der Waals surface area contributed by atoms with Gasteiger partial charge in [-0.25, -0.2) is 0 Å². The van der Waals surface area contributed by atoms with Crippen molar-refractivity contribution in [1.82, 2.24) is 0 Å². The molecule has 12 heavy (non-hydrogen) atoms. The third kappa shape index (κ3) is 1.50.